The average Bonchev–Trinajstić information content (AvgIpc) is 3.29. The maximum atomic E-state index is 12.3. The van der Waals surface area contributed by atoms with Crippen LogP contribution in [0.4, 0.5) is 0 Å². The largest absolute Gasteiger partial charge is 0.298 e. The highest BCUT2D eigenvalue weighted by Crippen LogP contribution is 2.32. The Labute approximate surface area is 120 Å². The van der Waals surface area contributed by atoms with Crippen LogP contribution in [0.1, 0.15) is 24.1 Å². The number of carbonyl (C=O) groups excluding carboxylic acids is 1. The first-order valence-electron chi connectivity index (χ1n) is 7.13. The van der Waals surface area contributed by atoms with Crippen LogP contribution in [0.2, 0.25) is 0 Å². The summed E-state index contributed by atoms with van der Waals surface area (Å²) in [4.78, 5) is 14.5. The maximum absolute atomic E-state index is 12.3. The fraction of sp³-hybridized carbons (Fsp3) is 0.278. The number of hydrogen-bond donors (Lipinski definition) is 0. The van der Waals surface area contributed by atoms with E-state index >= 15 is 0 Å². The van der Waals surface area contributed by atoms with E-state index in [1.54, 1.807) is 0 Å². The van der Waals surface area contributed by atoms with Crippen LogP contribution in [0.3, 0.4) is 0 Å². The topological polar surface area (TPSA) is 20.1 Å². The van der Waals surface area contributed by atoms with Crippen LogP contribution in [-0.4, -0.2) is 23.3 Å². The lowest BCUT2D eigenvalue weighted by atomic mass is 10.1. The first-order chi connectivity index (χ1) is 9.75. The summed E-state index contributed by atoms with van der Waals surface area (Å²) in [5, 5.41) is 0. The van der Waals surface area contributed by atoms with E-state index in [9.17, 15) is 4.79 Å². The Morgan fingerprint density at radius 3 is 2.35 bits per heavy atom. The SMILES string of the molecule is C[C@@H](c1ccccc1)N1C[C@H]1C(=O)Cc1ccccc1. The third kappa shape index (κ3) is 2.81. The first kappa shape index (κ1) is 13.1. The van der Waals surface area contributed by atoms with E-state index in [2.05, 4.69) is 36.1 Å². The van der Waals surface area contributed by atoms with E-state index in [0.717, 1.165) is 12.1 Å². The number of benzene rings is 2. The Morgan fingerprint density at radius 2 is 1.70 bits per heavy atom. The molecule has 0 amide bonds. The Kier molecular flexibility index (Phi) is 3.66. The molecule has 2 heteroatoms. The fourth-order valence-corrected chi connectivity index (χ4v) is 2.71. The van der Waals surface area contributed by atoms with Gasteiger partial charge >= 0.3 is 0 Å². The minimum absolute atomic E-state index is 0.102. The molecular weight excluding hydrogens is 246 g/mol. The van der Waals surface area contributed by atoms with Crippen LogP contribution in [0.25, 0.3) is 0 Å². The second kappa shape index (κ2) is 5.59. The summed E-state index contributed by atoms with van der Waals surface area (Å²) >= 11 is 0. The lowest BCUT2D eigenvalue weighted by Crippen LogP contribution is -2.17. The summed E-state index contributed by atoms with van der Waals surface area (Å²) in [6.07, 6.45) is 0.545. The van der Waals surface area contributed by atoms with Gasteiger partial charge in [-0.2, -0.15) is 0 Å². The molecule has 2 aromatic carbocycles. The van der Waals surface area contributed by atoms with E-state index in [-0.39, 0.29) is 6.04 Å². The van der Waals surface area contributed by atoms with Crippen molar-refractivity contribution in [3.05, 3.63) is 71.8 Å². The highest BCUT2D eigenvalue weighted by molar-refractivity contribution is 5.88. The molecule has 0 aromatic heterocycles. The smallest absolute Gasteiger partial charge is 0.155 e. The van der Waals surface area contributed by atoms with Gasteiger partial charge in [0.15, 0.2) is 5.78 Å². The Balaban J connectivity index is 1.60. The zero-order valence-corrected chi connectivity index (χ0v) is 11.7. The summed E-state index contributed by atoms with van der Waals surface area (Å²) in [5.74, 6) is 0.332. The lowest BCUT2D eigenvalue weighted by Gasteiger charge is -2.14. The van der Waals surface area contributed by atoms with Crippen molar-refractivity contribution in [2.24, 2.45) is 0 Å². The Bertz CT molecular complexity index is 579. The van der Waals surface area contributed by atoms with Gasteiger partial charge in [-0.05, 0) is 18.1 Å². The van der Waals surface area contributed by atoms with E-state index in [1.165, 1.54) is 5.56 Å². The molecule has 20 heavy (non-hydrogen) atoms. The number of nitrogens with zero attached hydrogens (tertiary/aromatic N) is 1. The van der Waals surface area contributed by atoms with Gasteiger partial charge in [-0.15, -0.1) is 0 Å². The summed E-state index contributed by atoms with van der Waals surface area (Å²) in [5.41, 5.74) is 2.39. The standard InChI is InChI=1S/C18H19NO/c1-14(16-10-6-3-7-11-16)19-13-17(19)18(20)12-15-8-4-2-5-9-15/h2-11,14,17H,12-13H2,1H3/t14-,17-,19?/m0/s1. The van der Waals surface area contributed by atoms with Crippen molar-refractivity contribution < 1.29 is 4.79 Å². The van der Waals surface area contributed by atoms with Crippen LogP contribution < -0.4 is 0 Å². The zero-order valence-electron chi connectivity index (χ0n) is 11.7. The van der Waals surface area contributed by atoms with Gasteiger partial charge < -0.3 is 0 Å². The number of hydrogen-bond acceptors (Lipinski definition) is 2. The van der Waals surface area contributed by atoms with E-state index in [1.807, 2.05) is 36.4 Å². The molecule has 0 aliphatic carbocycles. The molecule has 0 bridgehead atoms. The van der Waals surface area contributed by atoms with E-state index in [0.29, 0.717) is 18.2 Å². The molecule has 102 valence electrons. The van der Waals surface area contributed by atoms with Crippen molar-refractivity contribution in [3.8, 4) is 0 Å². The van der Waals surface area contributed by atoms with Crippen molar-refractivity contribution >= 4 is 5.78 Å². The fourth-order valence-electron chi connectivity index (χ4n) is 2.71. The highest BCUT2D eigenvalue weighted by Gasteiger charge is 2.42. The van der Waals surface area contributed by atoms with Crippen LogP contribution in [-0.2, 0) is 11.2 Å². The van der Waals surface area contributed by atoms with Crippen molar-refractivity contribution in [1.29, 1.82) is 0 Å². The molecule has 1 saturated heterocycles. The van der Waals surface area contributed by atoms with Crippen molar-refractivity contribution in [1.82, 2.24) is 4.90 Å². The summed E-state index contributed by atoms with van der Waals surface area (Å²) in [7, 11) is 0. The molecule has 0 N–H and O–H groups in total. The number of rotatable bonds is 5. The summed E-state index contributed by atoms with van der Waals surface area (Å²) in [6, 6.07) is 20.8. The van der Waals surface area contributed by atoms with Gasteiger partial charge in [-0.1, -0.05) is 60.7 Å². The molecule has 3 rings (SSSR count). The molecule has 1 aliphatic rings. The Hall–Kier alpha value is -1.93. The van der Waals surface area contributed by atoms with Gasteiger partial charge in [0.25, 0.3) is 0 Å². The molecule has 0 radical (unpaired) electrons. The second-order valence-electron chi connectivity index (χ2n) is 5.43. The molecule has 1 aliphatic heterocycles. The Morgan fingerprint density at radius 1 is 1.10 bits per heavy atom. The highest BCUT2D eigenvalue weighted by atomic mass is 16.1. The van der Waals surface area contributed by atoms with E-state index < -0.39 is 0 Å². The van der Waals surface area contributed by atoms with Crippen LogP contribution in [0.5, 0.6) is 0 Å². The minimum atomic E-state index is 0.102. The van der Waals surface area contributed by atoms with Gasteiger partial charge in [0.05, 0.1) is 6.04 Å². The van der Waals surface area contributed by atoms with Crippen molar-refractivity contribution in [2.75, 3.05) is 6.54 Å². The third-order valence-electron chi connectivity index (χ3n) is 4.02. The normalized spacial score (nSPS) is 22.2. The number of Topliss-reactive ketones (excluding diaryl/α,β-unsaturated/α-hetero) is 1. The van der Waals surface area contributed by atoms with Crippen molar-refractivity contribution in [3.63, 3.8) is 0 Å². The average molecular weight is 265 g/mol. The zero-order chi connectivity index (χ0) is 13.9. The van der Waals surface area contributed by atoms with Crippen molar-refractivity contribution in [2.45, 2.75) is 25.4 Å². The first-order valence-corrected chi connectivity index (χ1v) is 7.13. The molecule has 0 spiro atoms. The molecule has 3 atom stereocenters. The van der Waals surface area contributed by atoms with Gasteiger partial charge in [0, 0.05) is 19.0 Å². The predicted octanol–water partition coefficient (Wildman–Crippen LogP) is 3.24. The monoisotopic (exact) mass is 265 g/mol. The molecule has 1 fully saturated rings. The third-order valence-corrected chi connectivity index (χ3v) is 4.02. The summed E-state index contributed by atoms with van der Waals surface area (Å²) < 4.78 is 0. The molecule has 0 saturated carbocycles. The molecule has 1 heterocycles. The maximum Gasteiger partial charge on any atom is 0.155 e. The van der Waals surface area contributed by atoms with Gasteiger partial charge in [0.2, 0.25) is 0 Å². The second-order valence-corrected chi connectivity index (χ2v) is 5.43. The lowest BCUT2D eigenvalue weighted by molar-refractivity contribution is -0.118. The molecule has 2 aromatic rings. The van der Waals surface area contributed by atoms with Gasteiger partial charge in [-0.3, -0.25) is 9.69 Å². The van der Waals surface area contributed by atoms with E-state index in [4.69, 9.17) is 0 Å². The van der Waals surface area contributed by atoms with Crippen LogP contribution >= 0.6 is 0 Å². The quantitative estimate of drug-likeness (QED) is 0.773. The predicted molar refractivity (Wildman–Crippen MR) is 80.5 cm³/mol. The van der Waals surface area contributed by atoms with Gasteiger partial charge in [-0.25, -0.2) is 0 Å². The number of carbonyl (C=O) groups is 1. The molecule has 2 nitrogen and oxygen atoms in total. The van der Waals surface area contributed by atoms with Crippen LogP contribution in [0, 0.1) is 0 Å². The van der Waals surface area contributed by atoms with Gasteiger partial charge in [0.1, 0.15) is 0 Å². The molecular formula is C18H19NO. The summed E-state index contributed by atoms with van der Waals surface area (Å²) in [6.45, 7) is 3.06. The minimum Gasteiger partial charge on any atom is -0.298 e. The molecule has 1 unspecified atom stereocenters. The van der Waals surface area contributed by atoms with Crippen LogP contribution in [0.15, 0.2) is 60.7 Å². The number of ketones is 1.